The van der Waals surface area contributed by atoms with Crippen molar-refractivity contribution in [3.63, 3.8) is 0 Å². The number of aliphatic carboxylic acids is 1. The lowest BCUT2D eigenvalue weighted by atomic mass is 9.82. The van der Waals surface area contributed by atoms with Gasteiger partial charge in [-0.25, -0.2) is 4.98 Å². The lowest BCUT2D eigenvalue weighted by Gasteiger charge is -2.26. The molecule has 0 aliphatic heterocycles. The first kappa shape index (κ1) is 17.6. The Morgan fingerprint density at radius 3 is 2.57 bits per heavy atom. The highest BCUT2D eigenvalue weighted by Crippen LogP contribution is 2.31. The Morgan fingerprint density at radius 1 is 1.35 bits per heavy atom. The summed E-state index contributed by atoms with van der Waals surface area (Å²) in [6, 6.07) is 3.91. The van der Waals surface area contributed by atoms with Crippen LogP contribution in [0.1, 0.15) is 42.1 Å². The van der Waals surface area contributed by atoms with Crippen molar-refractivity contribution in [2.45, 2.75) is 33.6 Å². The van der Waals surface area contributed by atoms with Crippen molar-refractivity contribution >= 4 is 34.6 Å². The van der Waals surface area contributed by atoms with Crippen LogP contribution in [0, 0.1) is 12.3 Å². The maximum Gasteiger partial charge on any atom is 0.311 e. The highest BCUT2D eigenvalue weighted by molar-refractivity contribution is 7.22. The largest absolute Gasteiger partial charge is 0.481 e. The van der Waals surface area contributed by atoms with Gasteiger partial charge in [-0.15, -0.1) is 22.7 Å². The average Bonchev–Trinajstić information content (AvgIpc) is 3.17. The molecule has 0 saturated heterocycles. The minimum absolute atomic E-state index is 0.125. The molecule has 23 heavy (non-hydrogen) atoms. The lowest BCUT2D eigenvalue weighted by Crippen LogP contribution is -2.42. The molecule has 2 rings (SSSR count). The predicted molar refractivity (Wildman–Crippen MR) is 93.1 cm³/mol. The minimum atomic E-state index is -0.912. The first-order valence-electron chi connectivity index (χ1n) is 7.46. The van der Waals surface area contributed by atoms with Crippen LogP contribution in [0.5, 0.6) is 0 Å². The molecule has 0 fully saturated rings. The minimum Gasteiger partial charge on any atom is -0.481 e. The first-order valence-corrected chi connectivity index (χ1v) is 9.16. The summed E-state index contributed by atoms with van der Waals surface area (Å²) < 4.78 is 0. The Hall–Kier alpha value is -1.73. The molecule has 0 spiro atoms. The molecule has 2 aromatic rings. The standard InChI is InChI=1S/C16H20N2O3S2/c1-4-16(5-2,15(20)21)9-17-13(19)12-10(3)18-14(23-12)11-7-6-8-22-11/h6-8H,4-5,9H2,1-3H3,(H,17,19)(H,20,21). The number of nitrogens with zero attached hydrogens (tertiary/aromatic N) is 1. The molecule has 0 bridgehead atoms. The fourth-order valence-electron chi connectivity index (χ4n) is 2.32. The van der Waals surface area contributed by atoms with Crippen molar-refractivity contribution in [1.82, 2.24) is 10.3 Å². The molecular weight excluding hydrogens is 332 g/mol. The van der Waals surface area contributed by atoms with Crippen molar-refractivity contribution in [2.24, 2.45) is 5.41 Å². The van der Waals surface area contributed by atoms with Crippen LogP contribution in [0.25, 0.3) is 9.88 Å². The number of hydrogen-bond acceptors (Lipinski definition) is 5. The van der Waals surface area contributed by atoms with Crippen molar-refractivity contribution < 1.29 is 14.7 Å². The van der Waals surface area contributed by atoms with Crippen molar-refractivity contribution in [1.29, 1.82) is 0 Å². The number of rotatable bonds is 7. The normalized spacial score (nSPS) is 11.4. The maximum atomic E-state index is 12.4. The van der Waals surface area contributed by atoms with Crippen LogP contribution < -0.4 is 5.32 Å². The third kappa shape index (κ3) is 3.61. The molecule has 0 saturated carbocycles. The molecular formula is C16H20N2O3S2. The van der Waals surface area contributed by atoms with E-state index in [9.17, 15) is 14.7 Å². The van der Waals surface area contributed by atoms with E-state index in [1.165, 1.54) is 11.3 Å². The fourth-order valence-corrected chi connectivity index (χ4v) is 4.10. The molecule has 2 N–H and O–H groups in total. The lowest BCUT2D eigenvalue weighted by molar-refractivity contribution is -0.149. The number of amides is 1. The number of thiophene rings is 1. The average molecular weight is 352 g/mol. The summed E-state index contributed by atoms with van der Waals surface area (Å²) in [4.78, 5) is 29.9. The zero-order valence-electron chi connectivity index (χ0n) is 13.4. The molecule has 2 aromatic heterocycles. The van der Waals surface area contributed by atoms with Crippen LogP contribution in [0.4, 0.5) is 0 Å². The first-order chi connectivity index (χ1) is 10.9. The van der Waals surface area contributed by atoms with E-state index in [0.29, 0.717) is 23.4 Å². The number of nitrogens with one attached hydrogen (secondary N) is 1. The van der Waals surface area contributed by atoms with Crippen LogP contribution >= 0.6 is 22.7 Å². The Balaban J connectivity index is 2.14. The van der Waals surface area contributed by atoms with Crippen LogP contribution in [-0.2, 0) is 4.79 Å². The van der Waals surface area contributed by atoms with Gasteiger partial charge in [0, 0.05) is 6.54 Å². The van der Waals surface area contributed by atoms with E-state index in [0.717, 1.165) is 9.88 Å². The summed E-state index contributed by atoms with van der Waals surface area (Å²) >= 11 is 2.92. The van der Waals surface area contributed by atoms with Gasteiger partial charge in [-0.1, -0.05) is 19.9 Å². The number of hydrogen-bond donors (Lipinski definition) is 2. The SMILES string of the molecule is CCC(CC)(CNC(=O)c1sc(-c2cccs2)nc1C)C(=O)O. The maximum absolute atomic E-state index is 12.4. The van der Waals surface area contributed by atoms with E-state index >= 15 is 0 Å². The van der Waals surface area contributed by atoms with Crippen LogP contribution in [0.2, 0.25) is 0 Å². The third-order valence-electron chi connectivity index (χ3n) is 4.13. The molecule has 124 valence electrons. The van der Waals surface area contributed by atoms with Gasteiger partial charge in [-0.3, -0.25) is 9.59 Å². The molecule has 2 heterocycles. The third-order valence-corrected chi connectivity index (χ3v) is 6.32. The smallest absolute Gasteiger partial charge is 0.311 e. The molecule has 0 radical (unpaired) electrons. The van der Waals surface area contributed by atoms with Crippen LogP contribution in [0.3, 0.4) is 0 Å². The monoisotopic (exact) mass is 352 g/mol. The van der Waals surface area contributed by atoms with Gasteiger partial charge in [0.25, 0.3) is 5.91 Å². The van der Waals surface area contributed by atoms with Crippen molar-refractivity contribution in [3.05, 3.63) is 28.1 Å². The zero-order valence-corrected chi connectivity index (χ0v) is 15.0. The highest BCUT2D eigenvalue weighted by atomic mass is 32.1. The van der Waals surface area contributed by atoms with Gasteiger partial charge < -0.3 is 10.4 Å². The van der Waals surface area contributed by atoms with Gasteiger partial charge >= 0.3 is 5.97 Å². The molecule has 0 atom stereocenters. The van der Waals surface area contributed by atoms with E-state index < -0.39 is 11.4 Å². The number of carbonyl (C=O) groups is 2. The zero-order chi connectivity index (χ0) is 17.0. The van der Waals surface area contributed by atoms with Gasteiger partial charge in [0.05, 0.1) is 16.0 Å². The molecule has 0 aliphatic rings. The quantitative estimate of drug-likeness (QED) is 0.794. The number of carboxylic acid groups (broad SMARTS) is 1. The molecule has 1 amide bonds. The van der Waals surface area contributed by atoms with Gasteiger partial charge in [-0.05, 0) is 31.2 Å². The highest BCUT2D eigenvalue weighted by Gasteiger charge is 2.35. The second kappa shape index (κ2) is 7.23. The van der Waals surface area contributed by atoms with E-state index in [-0.39, 0.29) is 12.5 Å². The number of carboxylic acids is 1. The summed E-state index contributed by atoms with van der Waals surface area (Å²) in [5.41, 5.74) is -0.241. The summed E-state index contributed by atoms with van der Waals surface area (Å²) in [7, 11) is 0. The number of aromatic nitrogens is 1. The van der Waals surface area contributed by atoms with E-state index in [2.05, 4.69) is 10.3 Å². The molecule has 0 aliphatic carbocycles. The summed E-state index contributed by atoms with van der Waals surface area (Å²) in [5, 5.41) is 15.0. The Morgan fingerprint density at radius 2 is 2.04 bits per heavy atom. The second-order valence-electron chi connectivity index (χ2n) is 5.39. The number of aryl methyl sites for hydroxylation is 1. The van der Waals surface area contributed by atoms with Crippen molar-refractivity contribution in [3.8, 4) is 9.88 Å². The Labute approximate surface area is 143 Å². The summed E-state index contributed by atoms with van der Waals surface area (Å²) in [5.74, 6) is -1.13. The van der Waals surface area contributed by atoms with Crippen LogP contribution in [-0.4, -0.2) is 28.5 Å². The van der Waals surface area contributed by atoms with Gasteiger partial charge in [-0.2, -0.15) is 0 Å². The summed E-state index contributed by atoms with van der Waals surface area (Å²) in [6.45, 7) is 5.58. The molecule has 0 aromatic carbocycles. The topological polar surface area (TPSA) is 79.3 Å². The molecule has 7 heteroatoms. The Bertz CT molecular complexity index is 688. The van der Waals surface area contributed by atoms with Gasteiger partial charge in [0.15, 0.2) is 0 Å². The number of carbonyl (C=O) groups excluding carboxylic acids is 1. The van der Waals surface area contributed by atoms with Crippen LogP contribution in [0.15, 0.2) is 17.5 Å². The second-order valence-corrected chi connectivity index (χ2v) is 7.33. The fraction of sp³-hybridized carbons (Fsp3) is 0.438. The molecule has 0 unspecified atom stereocenters. The Kier molecular flexibility index (Phi) is 5.54. The predicted octanol–water partition coefficient (Wildman–Crippen LogP) is 3.80. The van der Waals surface area contributed by atoms with E-state index in [1.54, 1.807) is 18.3 Å². The van der Waals surface area contributed by atoms with Gasteiger partial charge in [0.1, 0.15) is 9.88 Å². The van der Waals surface area contributed by atoms with E-state index in [4.69, 9.17) is 0 Å². The number of thiazole rings is 1. The van der Waals surface area contributed by atoms with E-state index in [1.807, 2.05) is 31.4 Å². The summed E-state index contributed by atoms with van der Waals surface area (Å²) in [6.07, 6.45) is 0.947. The molecule has 5 nitrogen and oxygen atoms in total. The van der Waals surface area contributed by atoms with Crippen molar-refractivity contribution in [2.75, 3.05) is 6.54 Å². The van der Waals surface area contributed by atoms with Gasteiger partial charge in [0.2, 0.25) is 0 Å².